The Morgan fingerprint density at radius 3 is 1.29 bits per heavy atom. The summed E-state index contributed by atoms with van der Waals surface area (Å²) in [6.45, 7) is 9.60. The lowest BCUT2D eigenvalue weighted by Crippen LogP contribution is -2.31. The lowest BCUT2D eigenvalue weighted by Gasteiger charge is -2.29. The maximum absolute atomic E-state index is 3.71. The Hall–Kier alpha value is -0.0800. The predicted octanol–water partition coefficient (Wildman–Crippen LogP) is 5.91. The van der Waals surface area contributed by atoms with E-state index < -0.39 is 0 Å². The van der Waals surface area contributed by atoms with Crippen LogP contribution in [-0.2, 0) is 0 Å². The van der Waals surface area contributed by atoms with E-state index in [0.717, 1.165) is 11.8 Å². The molecule has 0 aliphatic heterocycles. The van der Waals surface area contributed by atoms with Crippen LogP contribution in [0.5, 0.6) is 0 Å². The zero-order valence-corrected chi connectivity index (χ0v) is 16.9. The third-order valence-corrected chi connectivity index (χ3v) is 5.75. The van der Waals surface area contributed by atoms with Crippen LogP contribution in [0.15, 0.2) is 0 Å². The molecule has 1 rings (SSSR count). The number of hydrogen-bond acceptors (Lipinski definition) is 2. The van der Waals surface area contributed by atoms with Gasteiger partial charge in [-0.3, -0.25) is 0 Å². The van der Waals surface area contributed by atoms with Crippen LogP contribution >= 0.6 is 0 Å². The largest absolute Gasteiger partial charge is 0.316 e. The molecule has 144 valence electrons. The van der Waals surface area contributed by atoms with Gasteiger partial charge in [0.2, 0.25) is 0 Å². The van der Waals surface area contributed by atoms with E-state index in [1.807, 2.05) is 0 Å². The molecule has 0 saturated heterocycles. The summed E-state index contributed by atoms with van der Waals surface area (Å²) in [7, 11) is 0. The molecule has 0 heterocycles. The van der Waals surface area contributed by atoms with E-state index in [-0.39, 0.29) is 0 Å². The molecule has 0 aromatic heterocycles. The molecule has 0 aromatic rings. The van der Waals surface area contributed by atoms with Gasteiger partial charge in [-0.2, -0.15) is 0 Å². The van der Waals surface area contributed by atoms with Crippen LogP contribution < -0.4 is 10.6 Å². The monoisotopic (exact) mass is 338 g/mol. The van der Waals surface area contributed by atoms with E-state index in [2.05, 4.69) is 24.5 Å². The normalized spacial score (nSPS) is 21.2. The Morgan fingerprint density at radius 2 is 0.917 bits per heavy atom. The molecule has 2 heteroatoms. The molecular weight excluding hydrogens is 292 g/mol. The molecule has 1 fully saturated rings. The van der Waals surface area contributed by atoms with Gasteiger partial charge < -0.3 is 10.6 Å². The summed E-state index contributed by atoms with van der Waals surface area (Å²) in [4.78, 5) is 0. The molecule has 0 aromatic carbocycles. The van der Waals surface area contributed by atoms with Crippen LogP contribution in [0.2, 0.25) is 0 Å². The molecule has 0 atom stereocenters. The minimum Gasteiger partial charge on any atom is -0.316 e. The van der Waals surface area contributed by atoms with Crippen molar-refractivity contribution in [3.05, 3.63) is 0 Å². The fourth-order valence-corrected chi connectivity index (χ4v) is 3.96. The predicted molar refractivity (Wildman–Crippen MR) is 109 cm³/mol. The van der Waals surface area contributed by atoms with Crippen LogP contribution in [-0.4, -0.2) is 26.2 Å². The van der Waals surface area contributed by atoms with Gasteiger partial charge in [-0.15, -0.1) is 0 Å². The van der Waals surface area contributed by atoms with Crippen molar-refractivity contribution in [2.75, 3.05) is 26.2 Å². The third-order valence-electron chi connectivity index (χ3n) is 5.75. The van der Waals surface area contributed by atoms with E-state index >= 15 is 0 Å². The van der Waals surface area contributed by atoms with Gasteiger partial charge in [-0.1, -0.05) is 65.2 Å². The first-order chi connectivity index (χ1) is 11.9. The van der Waals surface area contributed by atoms with E-state index in [1.54, 1.807) is 0 Å². The SMILES string of the molecule is CCCCCCCNCC1CCC(CNCCCCCCC)CC1. The first-order valence-corrected chi connectivity index (χ1v) is 11.3. The molecule has 0 unspecified atom stereocenters. The average molecular weight is 339 g/mol. The van der Waals surface area contributed by atoms with Gasteiger partial charge >= 0.3 is 0 Å². The summed E-state index contributed by atoms with van der Waals surface area (Å²) in [5.74, 6) is 1.90. The van der Waals surface area contributed by atoms with Crippen LogP contribution in [0.1, 0.15) is 104 Å². The van der Waals surface area contributed by atoms with Crippen molar-refractivity contribution in [2.24, 2.45) is 11.8 Å². The molecule has 0 spiro atoms. The molecule has 24 heavy (non-hydrogen) atoms. The van der Waals surface area contributed by atoms with Crippen molar-refractivity contribution in [3.63, 3.8) is 0 Å². The maximum atomic E-state index is 3.71. The summed E-state index contributed by atoms with van der Waals surface area (Å²) in [5.41, 5.74) is 0. The van der Waals surface area contributed by atoms with Crippen molar-refractivity contribution in [3.8, 4) is 0 Å². The molecular formula is C22H46N2. The Balaban J connectivity index is 1.85. The van der Waals surface area contributed by atoms with Crippen LogP contribution in [0, 0.1) is 11.8 Å². The first-order valence-electron chi connectivity index (χ1n) is 11.3. The quantitative estimate of drug-likeness (QED) is 0.342. The van der Waals surface area contributed by atoms with E-state index in [4.69, 9.17) is 0 Å². The Bertz CT molecular complexity index is 220. The van der Waals surface area contributed by atoms with Crippen molar-refractivity contribution >= 4 is 0 Å². The fourth-order valence-electron chi connectivity index (χ4n) is 3.96. The summed E-state index contributed by atoms with van der Waals surface area (Å²) in [6, 6.07) is 0. The number of rotatable bonds is 16. The van der Waals surface area contributed by atoms with Crippen LogP contribution in [0.25, 0.3) is 0 Å². The molecule has 1 aliphatic carbocycles. The highest BCUT2D eigenvalue weighted by molar-refractivity contribution is 4.75. The number of hydrogen-bond donors (Lipinski definition) is 2. The molecule has 1 saturated carbocycles. The molecule has 1 aliphatic rings. The zero-order valence-electron chi connectivity index (χ0n) is 16.9. The topological polar surface area (TPSA) is 24.1 Å². The first kappa shape index (κ1) is 22.0. The molecule has 0 bridgehead atoms. The molecule has 2 nitrogen and oxygen atoms in total. The maximum Gasteiger partial charge on any atom is -0.00205 e. The number of unbranched alkanes of at least 4 members (excludes halogenated alkanes) is 8. The van der Waals surface area contributed by atoms with E-state index in [1.165, 1.54) is 116 Å². The van der Waals surface area contributed by atoms with Crippen molar-refractivity contribution in [2.45, 2.75) is 104 Å². The summed E-state index contributed by atoms with van der Waals surface area (Å²) < 4.78 is 0. The second-order valence-corrected chi connectivity index (χ2v) is 8.12. The Labute approximate surface area is 152 Å². The lowest BCUT2D eigenvalue weighted by atomic mass is 9.82. The average Bonchev–Trinajstić information content (AvgIpc) is 2.61. The van der Waals surface area contributed by atoms with E-state index in [9.17, 15) is 0 Å². The smallest absolute Gasteiger partial charge is 0.00205 e. The van der Waals surface area contributed by atoms with Crippen molar-refractivity contribution in [1.82, 2.24) is 10.6 Å². The minimum atomic E-state index is 0.950. The zero-order chi connectivity index (χ0) is 17.3. The third kappa shape index (κ3) is 12.3. The van der Waals surface area contributed by atoms with Crippen LogP contribution in [0.4, 0.5) is 0 Å². The van der Waals surface area contributed by atoms with Crippen LogP contribution in [0.3, 0.4) is 0 Å². The summed E-state index contributed by atoms with van der Waals surface area (Å²) in [6.07, 6.45) is 19.8. The Morgan fingerprint density at radius 1 is 0.542 bits per heavy atom. The highest BCUT2D eigenvalue weighted by Gasteiger charge is 2.20. The Kier molecular flexibility index (Phi) is 15.0. The highest BCUT2D eigenvalue weighted by atomic mass is 14.9. The molecule has 0 amide bonds. The van der Waals surface area contributed by atoms with Gasteiger partial charge in [0, 0.05) is 0 Å². The molecule has 2 N–H and O–H groups in total. The van der Waals surface area contributed by atoms with Crippen molar-refractivity contribution in [1.29, 1.82) is 0 Å². The van der Waals surface area contributed by atoms with E-state index in [0.29, 0.717) is 0 Å². The standard InChI is InChI=1S/C22H46N2/c1-3-5-7-9-11-17-23-19-21-13-15-22(16-14-21)20-24-18-12-10-8-6-4-2/h21-24H,3-20H2,1-2H3. The highest BCUT2D eigenvalue weighted by Crippen LogP contribution is 2.27. The second-order valence-electron chi connectivity index (χ2n) is 8.12. The van der Waals surface area contributed by atoms with Gasteiger partial charge in [0.25, 0.3) is 0 Å². The minimum absolute atomic E-state index is 0.950. The summed E-state index contributed by atoms with van der Waals surface area (Å²) in [5, 5.41) is 7.42. The van der Waals surface area contributed by atoms with Gasteiger partial charge in [0.15, 0.2) is 0 Å². The number of nitrogens with one attached hydrogen (secondary N) is 2. The van der Waals surface area contributed by atoms with Gasteiger partial charge in [-0.05, 0) is 76.5 Å². The van der Waals surface area contributed by atoms with Crippen molar-refractivity contribution < 1.29 is 0 Å². The van der Waals surface area contributed by atoms with Gasteiger partial charge in [-0.25, -0.2) is 0 Å². The van der Waals surface area contributed by atoms with Gasteiger partial charge in [0.05, 0.1) is 0 Å². The second kappa shape index (κ2) is 16.4. The fraction of sp³-hybridized carbons (Fsp3) is 1.00. The molecule has 0 radical (unpaired) electrons. The lowest BCUT2D eigenvalue weighted by molar-refractivity contribution is 0.261. The van der Waals surface area contributed by atoms with Gasteiger partial charge in [0.1, 0.15) is 0 Å². The summed E-state index contributed by atoms with van der Waals surface area (Å²) >= 11 is 0.